The van der Waals surface area contributed by atoms with Crippen LogP contribution in [0.25, 0.3) is 0 Å². The number of benzene rings is 1. The number of nitrogens with one attached hydrogen (secondary N) is 1. The number of aliphatic hydroxyl groups is 1. The highest BCUT2D eigenvalue weighted by Gasteiger charge is 2.30. The quantitative estimate of drug-likeness (QED) is 0.899. The molecule has 0 unspecified atom stereocenters. The van der Waals surface area contributed by atoms with Crippen molar-refractivity contribution in [2.75, 3.05) is 6.54 Å². The van der Waals surface area contributed by atoms with E-state index in [1.165, 1.54) is 12.1 Å². The molecule has 0 fully saturated rings. The van der Waals surface area contributed by atoms with Gasteiger partial charge in [0.25, 0.3) is 0 Å². The Morgan fingerprint density at radius 1 is 1.20 bits per heavy atom. The third kappa shape index (κ3) is 4.52. The molecule has 1 atom stereocenters. The maximum Gasteiger partial charge on any atom is 0.416 e. The molecule has 1 rings (SSSR count). The topological polar surface area (TPSA) is 49.3 Å². The minimum absolute atomic E-state index is 0.0402. The largest absolute Gasteiger partial charge is 0.416 e. The van der Waals surface area contributed by atoms with Crippen LogP contribution in [-0.2, 0) is 11.0 Å². The summed E-state index contributed by atoms with van der Waals surface area (Å²) >= 11 is 0. The Balaban J connectivity index is 2.65. The first-order valence-electron chi connectivity index (χ1n) is 6.15. The summed E-state index contributed by atoms with van der Waals surface area (Å²) in [5.74, 6) is -0.233. The van der Waals surface area contributed by atoms with Gasteiger partial charge >= 0.3 is 6.18 Å². The van der Waals surface area contributed by atoms with Gasteiger partial charge in [-0.15, -0.1) is 0 Å². The van der Waals surface area contributed by atoms with E-state index in [4.69, 9.17) is 0 Å². The van der Waals surface area contributed by atoms with Gasteiger partial charge < -0.3 is 10.4 Å². The monoisotopic (exact) mass is 289 g/mol. The predicted molar refractivity (Wildman–Crippen MR) is 68.9 cm³/mol. The molecule has 0 aromatic heterocycles. The standard InChI is InChI=1S/C14H18F3NO2/c1-13(2,3)12(20)18-8-11(19)9-4-6-10(7-5-9)14(15,16)17/h4-7,11,19H,8H2,1-3H3,(H,18,20)/t11-/m1/s1. The van der Waals surface area contributed by atoms with Crippen LogP contribution < -0.4 is 5.32 Å². The molecule has 2 N–H and O–H groups in total. The number of aliphatic hydroxyl groups excluding tert-OH is 1. The molecular formula is C14H18F3NO2. The second kappa shape index (κ2) is 5.83. The Hall–Kier alpha value is -1.56. The maximum absolute atomic E-state index is 12.4. The lowest BCUT2D eigenvalue weighted by Crippen LogP contribution is -2.37. The number of carbonyl (C=O) groups is 1. The van der Waals surface area contributed by atoms with E-state index in [1.807, 2.05) is 0 Å². The van der Waals surface area contributed by atoms with Crippen molar-refractivity contribution in [3.63, 3.8) is 0 Å². The molecule has 0 heterocycles. The van der Waals surface area contributed by atoms with Crippen molar-refractivity contribution in [1.82, 2.24) is 5.32 Å². The lowest BCUT2D eigenvalue weighted by atomic mass is 9.95. The van der Waals surface area contributed by atoms with Gasteiger partial charge in [-0.2, -0.15) is 13.2 Å². The number of rotatable bonds is 3. The molecule has 1 aromatic rings. The van der Waals surface area contributed by atoms with Crippen LogP contribution in [0.15, 0.2) is 24.3 Å². The van der Waals surface area contributed by atoms with E-state index in [0.717, 1.165) is 12.1 Å². The van der Waals surface area contributed by atoms with E-state index >= 15 is 0 Å². The highest BCUT2D eigenvalue weighted by atomic mass is 19.4. The van der Waals surface area contributed by atoms with Gasteiger partial charge in [-0.05, 0) is 17.7 Å². The van der Waals surface area contributed by atoms with Crippen LogP contribution >= 0.6 is 0 Å². The van der Waals surface area contributed by atoms with Crippen molar-refractivity contribution in [1.29, 1.82) is 0 Å². The molecule has 0 radical (unpaired) electrons. The number of halogens is 3. The van der Waals surface area contributed by atoms with Crippen LogP contribution in [0.2, 0.25) is 0 Å². The SMILES string of the molecule is CC(C)(C)C(=O)NC[C@@H](O)c1ccc(C(F)(F)F)cc1. The van der Waals surface area contributed by atoms with Crippen LogP contribution in [0.1, 0.15) is 38.0 Å². The number of carbonyl (C=O) groups excluding carboxylic acids is 1. The third-order valence-electron chi connectivity index (χ3n) is 2.76. The molecule has 3 nitrogen and oxygen atoms in total. The molecule has 0 aliphatic carbocycles. The van der Waals surface area contributed by atoms with E-state index in [0.29, 0.717) is 5.56 Å². The van der Waals surface area contributed by atoms with Gasteiger partial charge in [0, 0.05) is 12.0 Å². The summed E-state index contributed by atoms with van der Waals surface area (Å²) < 4.78 is 37.2. The highest BCUT2D eigenvalue weighted by Crippen LogP contribution is 2.29. The molecule has 1 aromatic carbocycles. The zero-order valence-electron chi connectivity index (χ0n) is 11.6. The molecule has 6 heteroatoms. The lowest BCUT2D eigenvalue weighted by Gasteiger charge is -2.20. The summed E-state index contributed by atoms with van der Waals surface area (Å²) in [7, 11) is 0. The zero-order chi connectivity index (χ0) is 15.6. The minimum atomic E-state index is -4.40. The lowest BCUT2D eigenvalue weighted by molar-refractivity contribution is -0.137. The smallest absolute Gasteiger partial charge is 0.387 e. The number of alkyl halides is 3. The second-order valence-corrected chi connectivity index (χ2v) is 5.60. The Bertz CT molecular complexity index is 461. The van der Waals surface area contributed by atoms with Crippen molar-refractivity contribution in [2.45, 2.75) is 33.1 Å². The van der Waals surface area contributed by atoms with Crippen molar-refractivity contribution < 1.29 is 23.1 Å². The molecule has 1 amide bonds. The molecule has 0 aliphatic rings. The van der Waals surface area contributed by atoms with Gasteiger partial charge in [-0.3, -0.25) is 4.79 Å². The molecule has 0 bridgehead atoms. The molecule has 20 heavy (non-hydrogen) atoms. The van der Waals surface area contributed by atoms with Crippen LogP contribution in [-0.4, -0.2) is 17.6 Å². The summed E-state index contributed by atoms with van der Waals surface area (Å²) in [6.45, 7) is 5.15. The molecule has 0 spiro atoms. The summed E-state index contributed by atoms with van der Waals surface area (Å²) in [4.78, 5) is 11.6. The summed E-state index contributed by atoms with van der Waals surface area (Å²) in [6.07, 6.45) is -5.44. The second-order valence-electron chi connectivity index (χ2n) is 5.60. The van der Waals surface area contributed by atoms with Gasteiger partial charge in [0.1, 0.15) is 0 Å². The fraction of sp³-hybridized carbons (Fsp3) is 0.500. The van der Waals surface area contributed by atoms with E-state index < -0.39 is 23.3 Å². The summed E-state index contributed by atoms with van der Waals surface area (Å²) in [6, 6.07) is 4.22. The molecule has 0 aliphatic heterocycles. The van der Waals surface area contributed by atoms with Gasteiger partial charge in [-0.1, -0.05) is 32.9 Å². The van der Waals surface area contributed by atoms with E-state index in [-0.39, 0.29) is 12.5 Å². The first-order valence-corrected chi connectivity index (χ1v) is 6.15. The molecular weight excluding hydrogens is 271 g/mol. The van der Waals surface area contributed by atoms with Crippen molar-refractivity contribution >= 4 is 5.91 Å². The molecule has 0 saturated carbocycles. The first kappa shape index (κ1) is 16.5. The van der Waals surface area contributed by atoms with E-state index in [1.54, 1.807) is 20.8 Å². The zero-order valence-corrected chi connectivity index (χ0v) is 11.6. The van der Waals surface area contributed by atoms with Gasteiger partial charge in [0.2, 0.25) is 5.91 Å². The van der Waals surface area contributed by atoms with E-state index in [9.17, 15) is 23.1 Å². The summed E-state index contributed by atoms with van der Waals surface area (Å²) in [5.41, 5.74) is -1.03. The Kier molecular flexibility index (Phi) is 4.81. The normalized spacial score (nSPS) is 13.9. The number of hydrogen-bond acceptors (Lipinski definition) is 2. The van der Waals surface area contributed by atoms with Gasteiger partial charge in [0.15, 0.2) is 0 Å². The van der Waals surface area contributed by atoms with Crippen LogP contribution in [0.3, 0.4) is 0 Å². The first-order chi connectivity index (χ1) is 9.01. The van der Waals surface area contributed by atoms with E-state index in [2.05, 4.69) is 5.32 Å². The minimum Gasteiger partial charge on any atom is -0.387 e. The van der Waals surface area contributed by atoms with Crippen LogP contribution in [0.5, 0.6) is 0 Å². The maximum atomic E-state index is 12.4. The molecule has 112 valence electrons. The van der Waals surface area contributed by atoms with Crippen molar-refractivity contribution in [3.8, 4) is 0 Å². The Morgan fingerprint density at radius 3 is 2.10 bits per heavy atom. The average molecular weight is 289 g/mol. The fourth-order valence-corrected chi connectivity index (χ4v) is 1.47. The Labute approximate surface area is 115 Å². The number of amides is 1. The average Bonchev–Trinajstić information content (AvgIpc) is 2.33. The fourth-order valence-electron chi connectivity index (χ4n) is 1.47. The predicted octanol–water partition coefficient (Wildman–Crippen LogP) is 2.90. The summed E-state index contributed by atoms with van der Waals surface area (Å²) in [5, 5.41) is 12.4. The van der Waals surface area contributed by atoms with Crippen molar-refractivity contribution in [2.24, 2.45) is 5.41 Å². The number of hydrogen-bond donors (Lipinski definition) is 2. The highest BCUT2D eigenvalue weighted by molar-refractivity contribution is 5.81. The van der Waals surface area contributed by atoms with Crippen LogP contribution in [0, 0.1) is 5.41 Å². The van der Waals surface area contributed by atoms with Crippen LogP contribution in [0.4, 0.5) is 13.2 Å². The Morgan fingerprint density at radius 2 is 1.70 bits per heavy atom. The third-order valence-corrected chi connectivity index (χ3v) is 2.76. The van der Waals surface area contributed by atoms with Gasteiger partial charge in [0.05, 0.1) is 11.7 Å². The van der Waals surface area contributed by atoms with Crippen molar-refractivity contribution in [3.05, 3.63) is 35.4 Å². The van der Waals surface area contributed by atoms with Gasteiger partial charge in [-0.25, -0.2) is 0 Å². The molecule has 0 saturated heterocycles.